The first-order valence-electron chi connectivity index (χ1n) is 7.31. The van der Waals surface area contributed by atoms with Gasteiger partial charge >= 0.3 is 0 Å². The SMILES string of the molecule is Cc1ccc(S(=O)(=O)N2CCCC(CCN)C2)cc1[N+](=O)[O-]. The number of nitro benzene ring substituents is 1. The first kappa shape index (κ1) is 16.9. The van der Waals surface area contributed by atoms with Crippen LogP contribution in [0.15, 0.2) is 23.1 Å². The van der Waals surface area contributed by atoms with E-state index in [2.05, 4.69) is 0 Å². The summed E-state index contributed by atoms with van der Waals surface area (Å²) >= 11 is 0. The van der Waals surface area contributed by atoms with Crippen LogP contribution in [-0.2, 0) is 10.0 Å². The van der Waals surface area contributed by atoms with Crippen LogP contribution in [0.4, 0.5) is 5.69 Å². The topological polar surface area (TPSA) is 107 Å². The number of aryl methyl sites for hydroxylation is 1. The lowest BCUT2D eigenvalue weighted by atomic mass is 9.96. The average Bonchev–Trinajstić information content (AvgIpc) is 2.48. The molecule has 0 amide bonds. The predicted molar refractivity (Wildman–Crippen MR) is 83.0 cm³/mol. The number of sulfonamides is 1. The fraction of sp³-hybridized carbons (Fsp3) is 0.571. The third-order valence-corrected chi connectivity index (χ3v) is 5.93. The Labute approximate surface area is 130 Å². The molecule has 1 heterocycles. The summed E-state index contributed by atoms with van der Waals surface area (Å²) in [7, 11) is -3.70. The number of hydrogen-bond acceptors (Lipinski definition) is 5. The Kier molecular flexibility index (Phi) is 5.15. The highest BCUT2D eigenvalue weighted by molar-refractivity contribution is 7.89. The number of hydrogen-bond donors (Lipinski definition) is 1. The van der Waals surface area contributed by atoms with Crippen molar-refractivity contribution in [3.05, 3.63) is 33.9 Å². The molecule has 7 nitrogen and oxygen atoms in total. The summed E-state index contributed by atoms with van der Waals surface area (Å²) in [6, 6.07) is 4.06. The average molecular weight is 327 g/mol. The molecule has 8 heteroatoms. The minimum Gasteiger partial charge on any atom is -0.330 e. The van der Waals surface area contributed by atoms with Crippen molar-refractivity contribution in [1.29, 1.82) is 0 Å². The standard InChI is InChI=1S/C14H21N3O4S/c1-11-4-5-13(9-14(11)17(18)19)22(20,21)16-8-2-3-12(10-16)6-7-15/h4-5,9,12H,2-3,6-8,10,15H2,1H3. The van der Waals surface area contributed by atoms with Gasteiger partial charge in [0.1, 0.15) is 0 Å². The van der Waals surface area contributed by atoms with Gasteiger partial charge in [0.15, 0.2) is 0 Å². The highest BCUT2D eigenvalue weighted by Crippen LogP contribution is 2.28. The van der Waals surface area contributed by atoms with Crippen molar-refractivity contribution in [2.75, 3.05) is 19.6 Å². The molecule has 2 N–H and O–H groups in total. The zero-order valence-electron chi connectivity index (χ0n) is 12.6. The maximum absolute atomic E-state index is 12.7. The summed E-state index contributed by atoms with van der Waals surface area (Å²) < 4.78 is 26.8. The highest BCUT2D eigenvalue weighted by atomic mass is 32.2. The van der Waals surface area contributed by atoms with Crippen LogP contribution in [0, 0.1) is 23.0 Å². The van der Waals surface area contributed by atoms with Crippen LogP contribution in [0.2, 0.25) is 0 Å². The van der Waals surface area contributed by atoms with Crippen molar-refractivity contribution in [1.82, 2.24) is 4.31 Å². The molecular weight excluding hydrogens is 306 g/mol. The molecule has 0 aromatic heterocycles. The molecule has 1 aliphatic rings. The first-order valence-corrected chi connectivity index (χ1v) is 8.75. The second-order valence-electron chi connectivity index (χ2n) is 5.65. The molecule has 0 bridgehead atoms. The largest absolute Gasteiger partial charge is 0.330 e. The third kappa shape index (κ3) is 3.45. The van der Waals surface area contributed by atoms with Gasteiger partial charge in [0.25, 0.3) is 5.69 Å². The molecule has 1 saturated heterocycles. The lowest BCUT2D eigenvalue weighted by Crippen LogP contribution is -2.40. The molecule has 0 spiro atoms. The second-order valence-corrected chi connectivity index (χ2v) is 7.59. The van der Waals surface area contributed by atoms with E-state index in [1.807, 2.05) is 0 Å². The summed E-state index contributed by atoms with van der Waals surface area (Å²) in [5.41, 5.74) is 5.83. The monoisotopic (exact) mass is 327 g/mol. The maximum Gasteiger partial charge on any atom is 0.273 e. The minimum absolute atomic E-state index is 0.0156. The number of benzene rings is 1. The van der Waals surface area contributed by atoms with Crippen LogP contribution in [-0.4, -0.2) is 37.3 Å². The lowest BCUT2D eigenvalue weighted by Gasteiger charge is -2.31. The number of piperidine rings is 1. The number of nitrogens with zero attached hydrogens (tertiary/aromatic N) is 2. The molecule has 1 aliphatic heterocycles. The van der Waals surface area contributed by atoms with Gasteiger partial charge in [-0.3, -0.25) is 10.1 Å². The molecule has 0 aliphatic carbocycles. The summed E-state index contributed by atoms with van der Waals surface area (Å²) in [6.45, 7) is 3.01. The van der Waals surface area contributed by atoms with Crippen molar-refractivity contribution in [3.8, 4) is 0 Å². The fourth-order valence-corrected chi connectivity index (χ4v) is 4.39. The molecule has 2 rings (SSSR count). The first-order chi connectivity index (χ1) is 10.4. The quantitative estimate of drug-likeness (QED) is 0.653. The molecular formula is C14H21N3O4S. The van der Waals surface area contributed by atoms with Gasteiger partial charge in [0.05, 0.1) is 9.82 Å². The van der Waals surface area contributed by atoms with Gasteiger partial charge in [-0.2, -0.15) is 4.31 Å². The van der Waals surface area contributed by atoms with E-state index in [9.17, 15) is 18.5 Å². The molecule has 1 aromatic carbocycles. The van der Waals surface area contributed by atoms with Gasteiger partial charge in [-0.05, 0) is 44.7 Å². The summed E-state index contributed by atoms with van der Waals surface area (Å²) in [6.07, 6.45) is 2.55. The predicted octanol–water partition coefficient (Wildman–Crippen LogP) is 1.65. The van der Waals surface area contributed by atoms with E-state index in [1.54, 1.807) is 6.92 Å². The molecule has 1 atom stereocenters. The van der Waals surface area contributed by atoms with Gasteiger partial charge in [0.2, 0.25) is 10.0 Å². The molecule has 0 saturated carbocycles. The van der Waals surface area contributed by atoms with Crippen LogP contribution < -0.4 is 5.73 Å². The van der Waals surface area contributed by atoms with Crippen molar-refractivity contribution >= 4 is 15.7 Å². The molecule has 1 aromatic rings. The number of nitro groups is 1. The van der Waals surface area contributed by atoms with Crippen LogP contribution >= 0.6 is 0 Å². The van der Waals surface area contributed by atoms with Crippen molar-refractivity contribution < 1.29 is 13.3 Å². The molecule has 0 radical (unpaired) electrons. The lowest BCUT2D eigenvalue weighted by molar-refractivity contribution is -0.385. The van der Waals surface area contributed by atoms with Gasteiger partial charge in [-0.1, -0.05) is 6.07 Å². The van der Waals surface area contributed by atoms with E-state index < -0.39 is 14.9 Å². The molecule has 122 valence electrons. The van der Waals surface area contributed by atoms with E-state index in [1.165, 1.54) is 16.4 Å². The van der Waals surface area contributed by atoms with Gasteiger partial charge < -0.3 is 5.73 Å². The Morgan fingerprint density at radius 2 is 2.18 bits per heavy atom. The van der Waals surface area contributed by atoms with E-state index >= 15 is 0 Å². The van der Waals surface area contributed by atoms with Crippen molar-refractivity contribution in [2.45, 2.75) is 31.1 Å². The number of rotatable bonds is 5. The Bertz CT molecular complexity index is 658. The van der Waals surface area contributed by atoms with E-state index in [0.717, 1.165) is 25.3 Å². The van der Waals surface area contributed by atoms with Gasteiger partial charge in [0, 0.05) is 24.7 Å². The van der Waals surface area contributed by atoms with Gasteiger partial charge in [-0.15, -0.1) is 0 Å². The Morgan fingerprint density at radius 3 is 2.82 bits per heavy atom. The highest BCUT2D eigenvalue weighted by Gasteiger charge is 2.31. The van der Waals surface area contributed by atoms with Crippen LogP contribution in [0.5, 0.6) is 0 Å². The Balaban J connectivity index is 2.30. The maximum atomic E-state index is 12.7. The molecule has 1 unspecified atom stereocenters. The zero-order valence-corrected chi connectivity index (χ0v) is 13.4. The van der Waals surface area contributed by atoms with E-state index in [0.29, 0.717) is 25.2 Å². The fourth-order valence-electron chi connectivity index (χ4n) is 2.81. The van der Waals surface area contributed by atoms with Crippen LogP contribution in [0.3, 0.4) is 0 Å². The van der Waals surface area contributed by atoms with Crippen LogP contribution in [0.25, 0.3) is 0 Å². The summed E-state index contributed by atoms with van der Waals surface area (Å²) in [5.74, 6) is 0.258. The number of nitrogens with two attached hydrogens (primary N) is 1. The minimum atomic E-state index is -3.70. The third-order valence-electron chi connectivity index (χ3n) is 4.07. The summed E-state index contributed by atoms with van der Waals surface area (Å²) in [4.78, 5) is 10.4. The zero-order chi connectivity index (χ0) is 16.3. The second kappa shape index (κ2) is 6.72. The van der Waals surface area contributed by atoms with E-state index in [-0.39, 0.29) is 16.5 Å². The molecule has 1 fully saturated rings. The van der Waals surface area contributed by atoms with Crippen molar-refractivity contribution in [2.24, 2.45) is 11.7 Å². The van der Waals surface area contributed by atoms with Crippen molar-refractivity contribution in [3.63, 3.8) is 0 Å². The van der Waals surface area contributed by atoms with Gasteiger partial charge in [-0.25, -0.2) is 8.42 Å². The smallest absolute Gasteiger partial charge is 0.273 e. The summed E-state index contributed by atoms with van der Waals surface area (Å²) in [5, 5.41) is 11.0. The Morgan fingerprint density at radius 1 is 1.45 bits per heavy atom. The van der Waals surface area contributed by atoms with E-state index in [4.69, 9.17) is 5.73 Å². The molecule has 22 heavy (non-hydrogen) atoms. The normalized spacial score (nSPS) is 20.0. The van der Waals surface area contributed by atoms with Crippen LogP contribution in [0.1, 0.15) is 24.8 Å². The Hall–Kier alpha value is -1.51.